The molecule has 0 amide bonds. The van der Waals surface area contributed by atoms with Crippen LogP contribution in [0.15, 0.2) is 28.7 Å². The van der Waals surface area contributed by atoms with Gasteiger partial charge in [0.05, 0.1) is 5.25 Å². The lowest BCUT2D eigenvalue weighted by Gasteiger charge is -2.35. The first-order chi connectivity index (χ1) is 14.0. The first-order valence-electron chi connectivity index (χ1n) is 10.2. The highest BCUT2D eigenvalue weighted by Gasteiger charge is 2.36. The topological polar surface area (TPSA) is 90.4 Å². The third-order valence-electron chi connectivity index (χ3n) is 5.84. The molecule has 0 saturated carbocycles. The second kappa shape index (κ2) is 8.17. The fourth-order valence-corrected chi connectivity index (χ4v) is 6.10. The van der Waals surface area contributed by atoms with Gasteiger partial charge in [0.2, 0.25) is 27.5 Å². The molecule has 0 atom stereocenters. The van der Waals surface area contributed by atoms with Gasteiger partial charge in [-0.1, -0.05) is 24.1 Å². The molecular weight excluding hydrogens is 388 g/mol. The van der Waals surface area contributed by atoms with Crippen LogP contribution in [0, 0.1) is 18.3 Å². The van der Waals surface area contributed by atoms with E-state index in [0.29, 0.717) is 50.8 Å². The minimum absolute atomic E-state index is 0.248. The van der Waals surface area contributed by atoms with Gasteiger partial charge in [0.1, 0.15) is 6.07 Å². The number of anilines is 1. The molecule has 0 spiro atoms. The summed E-state index contributed by atoms with van der Waals surface area (Å²) in [5, 5.41) is 9.14. The molecule has 1 aromatic heterocycles. The Bertz CT molecular complexity index is 994. The van der Waals surface area contributed by atoms with Crippen molar-refractivity contribution in [3.8, 4) is 17.5 Å². The number of piperidine rings is 2. The molecule has 154 valence electrons. The first kappa shape index (κ1) is 19.9. The van der Waals surface area contributed by atoms with Gasteiger partial charge in [0, 0.05) is 31.7 Å². The summed E-state index contributed by atoms with van der Waals surface area (Å²) in [6, 6.07) is 9.90. The smallest absolute Gasteiger partial charge is 0.235 e. The van der Waals surface area contributed by atoms with Crippen LogP contribution < -0.4 is 4.90 Å². The SMILES string of the molecule is Cc1ccc(-c2nc(C#N)c(N3CCC(S(=O)(=O)N4CCCCC4)CC3)o2)cc1. The Morgan fingerprint density at radius 1 is 1.07 bits per heavy atom. The summed E-state index contributed by atoms with van der Waals surface area (Å²) >= 11 is 0. The molecule has 29 heavy (non-hydrogen) atoms. The van der Waals surface area contributed by atoms with Gasteiger partial charge in [0.25, 0.3) is 0 Å². The summed E-state index contributed by atoms with van der Waals surface area (Å²) in [5.41, 5.74) is 2.21. The van der Waals surface area contributed by atoms with Crippen LogP contribution in [-0.4, -0.2) is 49.1 Å². The van der Waals surface area contributed by atoms with E-state index >= 15 is 0 Å². The van der Waals surface area contributed by atoms with E-state index in [1.165, 1.54) is 0 Å². The largest absolute Gasteiger partial charge is 0.419 e. The van der Waals surface area contributed by atoms with E-state index in [2.05, 4.69) is 11.1 Å². The second-order valence-corrected chi connectivity index (χ2v) is 10.1. The van der Waals surface area contributed by atoms with E-state index in [9.17, 15) is 13.7 Å². The number of aromatic nitrogens is 1. The molecule has 7 nitrogen and oxygen atoms in total. The van der Waals surface area contributed by atoms with Crippen molar-refractivity contribution in [2.45, 2.75) is 44.3 Å². The van der Waals surface area contributed by atoms with Crippen molar-refractivity contribution < 1.29 is 12.8 Å². The molecule has 3 heterocycles. The minimum Gasteiger partial charge on any atom is -0.419 e. The van der Waals surface area contributed by atoms with Crippen molar-refractivity contribution in [2.75, 3.05) is 31.1 Å². The van der Waals surface area contributed by atoms with E-state index in [0.717, 1.165) is 30.4 Å². The Hall–Kier alpha value is -2.37. The van der Waals surface area contributed by atoms with Gasteiger partial charge in [0.15, 0.2) is 0 Å². The number of hydrogen-bond acceptors (Lipinski definition) is 6. The molecule has 2 fully saturated rings. The van der Waals surface area contributed by atoms with Crippen molar-refractivity contribution in [3.63, 3.8) is 0 Å². The molecule has 0 bridgehead atoms. The molecule has 1 aromatic carbocycles. The van der Waals surface area contributed by atoms with Crippen molar-refractivity contribution in [1.82, 2.24) is 9.29 Å². The van der Waals surface area contributed by atoms with E-state index in [1.54, 1.807) is 4.31 Å². The first-order valence-corrected chi connectivity index (χ1v) is 11.7. The van der Waals surface area contributed by atoms with Gasteiger partial charge in [-0.15, -0.1) is 0 Å². The summed E-state index contributed by atoms with van der Waals surface area (Å²) in [6.45, 7) is 4.36. The second-order valence-electron chi connectivity index (χ2n) is 7.84. The highest BCUT2D eigenvalue weighted by atomic mass is 32.2. The number of sulfonamides is 1. The zero-order valence-corrected chi connectivity index (χ0v) is 17.5. The Kier molecular flexibility index (Phi) is 5.61. The highest BCUT2D eigenvalue weighted by Crippen LogP contribution is 2.32. The van der Waals surface area contributed by atoms with Gasteiger partial charge >= 0.3 is 0 Å². The average Bonchev–Trinajstić information content (AvgIpc) is 3.19. The number of hydrogen-bond donors (Lipinski definition) is 0. The lowest BCUT2D eigenvalue weighted by Crippen LogP contribution is -2.46. The number of benzene rings is 1. The van der Waals surface area contributed by atoms with Gasteiger partial charge in [-0.2, -0.15) is 10.2 Å². The lowest BCUT2D eigenvalue weighted by atomic mass is 10.1. The average molecular weight is 415 g/mol. The fourth-order valence-electron chi connectivity index (χ4n) is 4.11. The van der Waals surface area contributed by atoms with E-state index in [4.69, 9.17) is 4.42 Å². The molecule has 2 aromatic rings. The Labute approximate surface area is 172 Å². The maximum absolute atomic E-state index is 12.9. The van der Waals surface area contributed by atoms with Crippen LogP contribution in [0.2, 0.25) is 0 Å². The molecule has 0 unspecified atom stereocenters. The monoisotopic (exact) mass is 414 g/mol. The molecule has 0 radical (unpaired) electrons. The van der Waals surface area contributed by atoms with Crippen LogP contribution in [0.25, 0.3) is 11.5 Å². The van der Waals surface area contributed by atoms with Crippen molar-refractivity contribution >= 4 is 15.9 Å². The standard InChI is InChI=1S/C21H26N4O3S/c1-16-5-7-17(8-6-16)20-23-19(15-22)21(28-20)24-13-9-18(10-14-24)29(26,27)25-11-3-2-4-12-25/h5-8,18H,2-4,9-14H2,1H3. The third kappa shape index (κ3) is 4.02. The van der Waals surface area contributed by atoms with Crippen LogP contribution in [-0.2, 0) is 10.0 Å². The molecule has 2 saturated heterocycles. The maximum atomic E-state index is 12.9. The Balaban J connectivity index is 1.48. The van der Waals surface area contributed by atoms with Gasteiger partial charge < -0.3 is 9.32 Å². The van der Waals surface area contributed by atoms with Crippen LogP contribution in [0.1, 0.15) is 43.4 Å². The van der Waals surface area contributed by atoms with Crippen molar-refractivity contribution in [1.29, 1.82) is 5.26 Å². The summed E-state index contributed by atoms with van der Waals surface area (Å²) < 4.78 is 33.5. The normalized spacial score (nSPS) is 19.2. The summed E-state index contributed by atoms with van der Waals surface area (Å²) in [6.07, 6.45) is 4.07. The van der Waals surface area contributed by atoms with Gasteiger partial charge in [-0.25, -0.2) is 12.7 Å². The Morgan fingerprint density at radius 2 is 1.72 bits per heavy atom. The number of nitriles is 1. The zero-order chi connectivity index (χ0) is 20.4. The van der Waals surface area contributed by atoms with Crippen LogP contribution in [0.3, 0.4) is 0 Å². The van der Waals surface area contributed by atoms with Gasteiger partial charge in [-0.3, -0.25) is 0 Å². The lowest BCUT2D eigenvalue weighted by molar-refractivity contribution is 0.337. The molecular formula is C21H26N4O3S. The molecule has 0 N–H and O–H groups in total. The van der Waals surface area contributed by atoms with E-state index in [-0.39, 0.29) is 10.9 Å². The third-order valence-corrected chi connectivity index (χ3v) is 8.24. The van der Waals surface area contributed by atoms with Crippen molar-refractivity contribution in [3.05, 3.63) is 35.5 Å². The summed E-state index contributed by atoms with van der Waals surface area (Å²) in [5.74, 6) is 0.858. The number of rotatable bonds is 4. The van der Waals surface area contributed by atoms with Crippen LogP contribution in [0.4, 0.5) is 5.88 Å². The highest BCUT2D eigenvalue weighted by molar-refractivity contribution is 7.89. The fraction of sp³-hybridized carbons (Fsp3) is 0.524. The quantitative estimate of drug-likeness (QED) is 0.762. The van der Waals surface area contributed by atoms with E-state index < -0.39 is 10.0 Å². The van der Waals surface area contributed by atoms with E-state index in [1.807, 2.05) is 36.1 Å². The summed E-state index contributed by atoms with van der Waals surface area (Å²) in [7, 11) is -3.25. The molecule has 4 rings (SSSR count). The zero-order valence-electron chi connectivity index (χ0n) is 16.7. The number of nitrogens with zero attached hydrogens (tertiary/aromatic N) is 4. The molecule has 2 aliphatic heterocycles. The minimum atomic E-state index is -3.25. The van der Waals surface area contributed by atoms with Gasteiger partial charge in [-0.05, 0) is 44.7 Å². The van der Waals surface area contributed by atoms with Crippen molar-refractivity contribution in [2.24, 2.45) is 0 Å². The number of aryl methyl sites for hydroxylation is 1. The molecule has 2 aliphatic rings. The predicted octanol–water partition coefficient (Wildman–Crippen LogP) is 3.31. The van der Waals surface area contributed by atoms with Crippen LogP contribution >= 0.6 is 0 Å². The van der Waals surface area contributed by atoms with Crippen LogP contribution in [0.5, 0.6) is 0 Å². The Morgan fingerprint density at radius 3 is 2.34 bits per heavy atom. The molecule has 0 aliphatic carbocycles. The predicted molar refractivity (Wildman–Crippen MR) is 111 cm³/mol. The maximum Gasteiger partial charge on any atom is 0.235 e. The molecule has 8 heteroatoms. The summed E-state index contributed by atoms with van der Waals surface area (Å²) in [4.78, 5) is 6.30. The number of oxazole rings is 1.